The van der Waals surface area contributed by atoms with E-state index in [1.54, 1.807) is 18.3 Å². The van der Waals surface area contributed by atoms with Crippen LogP contribution in [-0.4, -0.2) is 31.0 Å². The summed E-state index contributed by atoms with van der Waals surface area (Å²) in [6, 6.07) is 5.69. The van der Waals surface area contributed by atoms with Crippen molar-refractivity contribution in [2.45, 2.75) is 38.1 Å². The Morgan fingerprint density at radius 2 is 2.03 bits per heavy atom. The Labute approximate surface area is 198 Å². The predicted molar refractivity (Wildman–Crippen MR) is 125 cm³/mol. The van der Waals surface area contributed by atoms with Gasteiger partial charge in [-0.3, -0.25) is 0 Å². The minimum Gasteiger partial charge on any atom is -0.364 e. The van der Waals surface area contributed by atoms with E-state index in [1.807, 2.05) is 0 Å². The van der Waals surface area contributed by atoms with Gasteiger partial charge in [0, 0.05) is 12.2 Å². The largest absolute Gasteiger partial charge is 0.364 e. The molecule has 3 aliphatic rings. The molecule has 1 atom stereocenters. The first kappa shape index (κ1) is 20.5. The fraction of sp³-hybridized carbons (Fsp3) is 0.348. The van der Waals surface area contributed by atoms with Crippen molar-refractivity contribution in [3.63, 3.8) is 0 Å². The average Bonchev–Trinajstić information content (AvgIpc) is 3.48. The number of halogens is 2. The first-order valence-electron chi connectivity index (χ1n) is 10.9. The summed E-state index contributed by atoms with van der Waals surface area (Å²) >= 11 is 7.28. The summed E-state index contributed by atoms with van der Waals surface area (Å²) < 4.78 is 15.7. The van der Waals surface area contributed by atoms with Gasteiger partial charge in [-0.25, -0.2) is 24.3 Å². The molecule has 7 nitrogen and oxygen atoms in total. The molecule has 166 valence electrons. The van der Waals surface area contributed by atoms with Crippen LogP contribution in [0.5, 0.6) is 0 Å². The van der Waals surface area contributed by atoms with Gasteiger partial charge < -0.3 is 10.3 Å². The molecule has 3 aliphatic carbocycles. The second-order valence-electron chi connectivity index (χ2n) is 8.69. The number of rotatable bonds is 4. The summed E-state index contributed by atoms with van der Waals surface area (Å²) in [6.07, 6.45) is 9.05. The molecular weight excluding hydrogens is 461 g/mol. The number of nitrogens with zero attached hydrogens (tertiary/aromatic N) is 5. The number of aromatic amines is 1. The Morgan fingerprint density at radius 3 is 2.76 bits per heavy atom. The maximum atomic E-state index is 15.7. The zero-order chi connectivity index (χ0) is 22.5. The highest BCUT2D eigenvalue weighted by atomic mass is 35.5. The van der Waals surface area contributed by atoms with Gasteiger partial charge in [-0.15, -0.1) is 11.3 Å². The van der Waals surface area contributed by atoms with Gasteiger partial charge in [0.1, 0.15) is 27.3 Å². The number of thiophene rings is 1. The predicted octanol–water partition coefficient (Wildman–Crippen LogP) is 5.80. The van der Waals surface area contributed by atoms with Crippen LogP contribution in [0.4, 0.5) is 10.2 Å². The molecular formula is C23H19ClFN7S. The van der Waals surface area contributed by atoms with E-state index < -0.39 is 5.82 Å². The van der Waals surface area contributed by atoms with Crippen molar-refractivity contribution in [1.82, 2.24) is 24.9 Å². The molecule has 2 N–H and O–H groups in total. The molecule has 0 aliphatic heterocycles. The van der Waals surface area contributed by atoms with Crippen LogP contribution in [-0.2, 0) is 0 Å². The van der Waals surface area contributed by atoms with Gasteiger partial charge in [-0.05, 0) is 43.2 Å². The van der Waals surface area contributed by atoms with E-state index >= 15 is 4.39 Å². The van der Waals surface area contributed by atoms with E-state index in [1.165, 1.54) is 43.2 Å². The van der Waals surface area contributed by atoms with E-state index in [4.69, 9.17) is 11.6 Å². The van der Waals surface area contributed by atoms with Crippen molar-refractivity contribution >= 4 is 39.9 Å². The number of aromatic nitrogens is 5. The summed E-state index contributed by atoms with van der Waals surface area (Å²) in [4.78, 5) is 21.9. The number of nitrogens with one attached hydrogen (secondary N) is 2. The SMILES string of the molecule is N#Cc1ccc(-c2nc(-c3c[nH]c4ncc(Cl)nc34)nc(N[C@@H]3CC4CCC3CC4)c2F)s1. The maximum Gasteiger partial charge on any atom is 0.192 e. The quantitative estimate of drug-likeness (QED) is 0.383. The molecule has 33 heavy (non-hydrogen) atoms. The highest BCUT2D eigenvalue weighted by Gasteiger charge is 2.36. The van der Waals surface area contributed by atoms with Crippen molar-refractivity contribution in [3.05, 3.63) is 40.4 Å². The molecule has 2 bridgehead atoms. The second-order valence-corrected chi connectivity index (χ2v) is 10.2. The van der Waals surface area contributed by atoms with E-state index in [2.05, 4.69) is 36.3 Å². The molecule has 4 aromatic heterocycles. The fourth-order valence-electron chi connectivity index (χ4n) is 5.12. The minimum absolute atomic E-state index is 0.166. The van der Waals surface area contributed by atoms with Crippen molar-refractivity contribution in [2.24, 2.45) is 11.8 Å². The minimum atomic E-state index is -0.504. The van der Waals surface area contributed by atoms with Crippen LogP contribution in [0.2, 0.25) is 5.15 Å². The van der Waals surface area contributed by atoms with E-state index in [0.717, 1.165) is 6.42 Å². The lowest BCUT2D eigenvalue weighted by Crippen LogP contribution is -2.40. The summed E-state index contributed by atoms with van der Waals surface area (Å²) in [5.74, 6) is 1.22. The monoisotopic (exact) mass is 479 g/mol. The maximum absolute atomic E-state index is 15.7. The third-order valence-electron chi connectivity index (χ3n) is 6.76. The average molecular weight is 480 g/mol. The van der Waals surface area contributed by atoms with Gasteiger partial charge in [0.2, 0.25) is 0 Å². The lowest BCUT2D eigenvalue weighted by atomic mass is 9.68. The Kier molecular flexibility index (Phi) is 5.00. The number of fused-ring (bicyclic) bond motifs is 4. The Morgan fingerprint density at radius 1 is 1.18 bits per heavy atom. The molecule has 0 spiro atoms. The lowest BCUT2D eigenvalue weighted by molar-refractivity contribution is 0.157. The molecule has 0 radical (unpaired) electrons. The zero-order valence-electron chi connectivity index (χ0n) is 17.5. The lowest BCUT2D eigenvalue weighted by Gasteiger charge is -2.42. The first-order chi connectivity index (χ1) is 16.1. The number of nitriles is 1. The van der Waals surface area contributed by atoms with Gasteiger partial charge in [-0.1, -0.05) is 24.4 Å². The van der Waals surface area contributed by atoms with Crippen molar-refractivity contribution < 1.29 is 4.39 Å². The molecule has 0 amide bonds. The summed E-state index contributed by atoms with van der Waals surface area (Å²) in [6.45, 7) is 0. The summed E-state index contributed by atoms with van der Waals surface area (Å²) in [7, 11) is 0. The zero-order valence-corrected chi connectivity index (χ0v) is 19.0. The Hall–Kier alpha value is -3.09. The summed E-state index contributed by atoms with van der Waals surface area (Å²) in [5, 5.41) is 12.9. The molecule has 4 heterocycles. The normalized spacial score (nSPS) is 21.9. The molecule has 3 fully saturated rings. The first-order valence-corrected chi connectivity index (χ1v) is 12.1. The molecule has 7 rings (SSSR count). The van der Waals surface area contributed by atoms with Crippen LogP contribution in [0, 0.1) is 29.0 Å². The van der Waals surface area contributed by atoms with Gasteiger partial charge in [0.25, 0.3) is 0 Å². The van der Waals surface area contributed by atoms with Gasteiger partial charge in [0.15, 0.2) is 23.1 Å². The van der Waals surface area contributed by atoms with E-state index in [-0.39, 0.29) is 22.7 Å². The van der Waals surface area contributed by atoms with Gasteiger partial charge in [0.05, 0.1) is 16.6 Å². The highest BCUT2D eigenvalue weighted by molar-refractivity contribution is 7.15. The van der Waals surface area contributed by atoms with Crippen LogP contribution in [0.1, 0.15) is 37.0 Å². The molecule has 4 aromatic rings. The van der Waals surface area contributed by atoms with Gasteiger partial charge in [-0.2, -0.15) is 5.26 Å². The number of anilines is 1. The van der Waals surface area contributed by atoms with E-state index in [9.17, 15) is 5.26 Å². The van der Waals surface area contributed by atoms with Crippen LogP contribution < -0.4 is 5.32 Å². The molecule has 0 aromatic carbocycles. The van der Waals surface area contributed by atoms with Crippen LogP contribution in [0.25, 0.3) is 33.1 Å². The standard InChI is InChI=1S/C23H19ClFN7S/c24-17-10-28-23-19(30-17)14(9-27-23)21-31-20(16-6-5-13(8-26)33-16)18(25)22(32-21)29-15-7-11-1-3-12(15)4-2-11/h5-6,9-12,15H,1-4,7H2,(H,27,28)(H,29,31,32)/t11?,12?,15-/m1/s1. The van der Waals surface area contributed by atoms with Crippen molar-refractivity contribution in [2.75, 3.05) is 5.32 Å². The van der Waals surface area contributed by atoms with Crippen LogP contribution in [0.15, 0.2) is 24.5 Å². The second kappa shape index (κ2) is 8.04. The third kappa shape index (κ3) is 3.63. The van der Waals surface area contributed by atoms with Crippen molar-refractivity contribution in [1.29, 1.82) is 5.26 Å². The topological polar surface area (TPSA) is 103 Å². The summed E-state index contributed by atoms with van der Waals surface area (Å²) in [5.41, 5.74) is 1.82. The Bertz CT molecular complexity index is 1400. The molecule has 0 saturated heterocycles. The third-order valence-corrected chi connectivity index (χ3v) is 7.94. The number of hydrogen-bond acceptors (Lipinski definition) is 7. The van der Waals surface area contributed by atoms with Crippen LogP contribution >= 0.6 is 22.9 Å². The number of H-pyrrole nitrogens is 1. The van der Waals surface area contributed by atoms with Crippen LogP contribution in [0.3, 0.4) is 0 Å². The highest BCUT2D eigenvalue weighted by Crippen LogP contribution is 2.43. The smallest absolute Gasteiger partial charge is 0.192 e. The molecule has 10 heteroatoms. The molecule has 0 unspecified atom stereocenters. The Balaban J connectivity index is 1.49. The molecule has 3 saturated carbocycles. The van der Waals surface area contributed by atoms with Crippen molar-refractivity contribution in [3.8, 4) is 28.0 Å². The van der Waals surface area contributed by atoms with Gasteiger partial charge >= 0.3 is 0 Å². The fourth-order valence-corrected chi connectivity index (χ4v) is 6.04. The van der Waals surface area contributed by atoms with E-state index in [0.29, 0.717) is 44.1 Å². The number of hydrogen-bond donors (Lipinski definition) is 2.